The van der Waals surface area contributed by atoms with Gasteiger partial charge in [-0.1, -0.05) is 54.1 Å². The molecule has 32 heavy (non-hydrogen) atoms. The second-order valence-electron chi connectivity index (χ2n) is 7.18. The number of nitrogens with one attached hydrogen (secondary N) is 1. The molecule has 8 heteroatoms. The average molecular weight is 465 g/mol. The first-order valence-corrected chi connectivity index (χ1v) is 10.7. The third-order valence-electron chi connectivity index (χ3n) is 5.15. The zero-order valence-corrected chi connectivity index (χ0v) is 19.1. The van der Waals surface area contributed by atoms with Crippen molar-refractivity contribution in [3.8, 4) is 11.6 Å². The van der Waals surface area contributed by atoms with Gasteiger partial charge in [0.1, 0.15) is 5.75 Å². The van der Waals surface area contributed by atoms with Crippen molar-refractivity contribution in [3.63, 3.8) is 0 Å². The van der Waals surface area contributed by atoms with Crippen LogP contribution in [0.3, 0.4) is 0 Å². The number of halogens is 1. The van der Waals surface area contributed by atoms with Gasteiger partial charge in [-0.15, -0.1) is 10.2 Å². The number of anilines is 1. The summed E-state index contributed by atoms with van der Waals surface area (Å²) in [6.45, 7) is 2.57. The third kappa shape index (κ3) is 4.44. The van der Waals surface area contributed by atoms with Gasteiger partial charge in [-0.3, -0.25) is 0 Å². The molecular weight excluding hydrogens is 444 g/mol. The van der Waals surface area contributed by atoms with E-state index in [0.717, 1.165) is 22.0 Å². The van der Waals surface area contributed by atoms with E-state index in [1.165, 1.54) is 0 Å². The second-order valence-corrected chi connectivity index (χ2v) is 7.98. The summed E-state index contributed by atoms with van der Waals surface area (Å²) in [5.74, 6) is 0.602. The number of methoxy groups -OCH3 is 1. The largest absolute Gasteiger partial charge is 0.495 e. The zero-order valence-electron chi connectivity index (χ0n) is 17.5. The van der Waals surface area contributed by atoms with Crippen LogP contribution in [0.4, 0.5) is 11.4 Å². The van der Waals surface area contributed by atoms with Crippen LogP contribution in [0.5, 0.6) is 11.6 Å². The number of nitrogens with zero attached hydrogens (tertiary/aromatic N) is 3. The molecule has 0 fully saturated rings. The molecule has 0 saturated carbocycles. The monoisotopic (exact) mass is 464 g/mol. The Kier molecular flexibility index (Phi) is 6.39. The van der Waals surface area contributed by atoms with E-state index in [1.807, 2.05) is 60.0 Å². The van der Waals surface area contributed by atoms with E-state index < -0.39 is 0 Å². The summed E-state index contributed by atoms with van der Waals surface area (Å²) in [5, 5.41) is 23.7. The zero-order chi connectivity index (χ0) is 22.7. The number of ether oxygens (including phenoxy) is 1. The number of benzene rings is 3. The normalized spacial score (nSPS) is 11.2. The molecule has 162 valence electrons. The van der Waals surface area contributed by atoms with Crippen LogP contribution in [-0.4, -0.2) is 21.9 Å². The van der Waals surface area contributed by atoms with Crippen molar-refractivity contribution in [2.45, 2.75) is 13.5 Å². The molecule has 0 aliphatic rings. The molecule has 0 aliphatic heterocycles. The van der Waals surface area contributed by atoms with Crippen molar-refractivity contribution in [2.24, 2.45) is 10.2 Å². The predicted molar refractivity (Wildman–Crippen MR) is 133 cm³/mol. The Hall–Kier alpha value is -3.42. The van der Waals surface area contributed by atoms with Gasteiger partial charge in [-0.05, 0) is 54.5 Å². The summed E-state index contributed by atoms with van der Waals surface area (Å²) in [6, 6.07) is 20.9. The highest BCUT2D eigenvalue weighted by Gasteiger charge is 2.17. The molecule has 1 heterocycles. The maximum atomic E-state index is 11.0. The molecule has 6 nitrogen and oxygen atoms in total. The van der Waals surface area contributed by atoms with Gasteiger partial charge in [0.05, 0.1) is 24.2 Å². The molecule has 2 N–H and O–H groups in total. The summed E-state index contributed by atoms with van der Waals surface area (Å²) in [4.78, 5) is 0. The highest BCUT2D eigenvalue weighted by molar-refractivity contribution is 7.80. The van der Waals surface area contributed by atoms with Gasteiger partial charge in [-0.2, -0.15) is 0 Å². The molecule has 4 rings (SSSR count). The summed E-state index contributed by atoms with van der Waals surface area (Å²) in [7, 11) is 1.55. The molecule has 1 aromatic heterocycles. The van der Waals surface area contributed by atoms with E-state index in [4.69, 9.17) is 28.6 Å². The fraction of sp³-hybridized carbons (Fsp3) is 0.125. The van der Waals surface area contributed by atoms with Gasteiger partial charge >= 0.3 is 0 Å². The second kappa shape index (κ2) is 9.38. The minimum Gasteiger partial charge on any atom is -0.495 e. The number of azo groups is 1. The Bertz CT molecular complexity index is 1330. The molecule has 0 radical (unpaired) electrons. The summed E-state index contributed by atoms with van der Waals surface area (Å²) >= 11 is 11.5. The van der Waals surface area contributed by atoms with Gasteiger partial charge < -0.3 is 19.7 Å². The highest BCUT2D eigenvalue weighted by atomic mass is 35.5. The Morgan fingerprint density at radius 1 is 1.12 bits per heavy atom. The maximum Gasteiger partial charge on any atom is 0.221 e. The topological polar surface area (TPSA) is 71.1 Å². The van der Waals surface area contributed by atoms with Crippen molar-refractivity contribution in [1.29, 1.82) is 0 Å². The quantitative estimate of drug-likeness (QED) is 0.250. The van der Waals surface area contributed by atoms with Crippen LogP contribution in [0.15, 0.2) is 77.0 Å². The van der Waals surface area contributed by atoms with Gasteiger partial charge in [0, 0.05) is 11.1 Å². The Morgan fingerprint density at radius 3 is 2.62 bits per heavy atom. The molecule has 0 amide bonds. The minimum atomic E-state index is 0.0356. The van der Waals surface area contributed by atoms with E-state index in [0.29, 0.717) is 28.7 Å². The van der Waals surface area contributed by atoms with Crippen LogP contribution in [0, 0.1) is 6.92 Å². The number of fused-ring (bicyclic) bond motifs is 1. The van der Waals surface area contributed by atoms with E-state index in [-0.39, 0.29) is 11.0 Å². The third-order valence-corrected chi connectivity index (χ3v) is 5.63. The van der Waals surface area contributed by atoms with E-state index in [1.54, 1.807) is 25.3 Å². The fourth-order valence-electron chi connectivity index (χ4n) is 3.48. The van der Waals surface area contributed by atoms with Crippen molar-refractivity contribution in [1.82, 2.24) is 4.57 Å². The van der Waals surface area contributed by atoms with E-state index in [9.17, 15) is 5.11 Å². The molecule has 0 unspecified atom stereocenters. The lowest BCUT2D eigenvalue weighted by Crippen LogP contribution is -2.04. The van der Waals surface area contributed by atoms with Gasteiger partial charge in [-0.25, -0.2) is 0 Å². The summed E-state index contributed by atoms with van der Waals surface area (Å²) < 4.78 is 6.98. The van der Waals surface area contributed by atoms with Crippen LogP contribution < -0.4 is 10.1 Å². The summed E-state index contributed by atoms with van der Waals surface area (Å²) in [6.07, 6.45) is 0. The molecule has 0 atom stereocenters. The number of thiocarbonyl (C=S) groups is 1. The molecule has 0 spiro atoms. The van der Waals surface area contributed by atoms with Gasteiger partial charge in [0.25, 0.3) is 0 Å². The van der Waals surface area contributed by atoms with Crippen molar-refractivity contribution in [2.75, 3.05) is 12.4 Å². The highest BCUT2D eigenvalue weighted by Crippen LogP contribution is 2.39. The first kappa shape index (κ1) is 21.8. The van der Waals surface area contributed by atoms with E-state index >= 15 is 0 Å². The van der Waals surface area contributed by atoms with Crippen LogP contribution in [0.2, 0.25) is 5.02 Å². The lowest BCUT2D eigenvalue weighted by molar-refractivity contribution is 0.415. The molecule has 0 saturated heterocycles. The lowest BCUT2D eigenvalue weighted by Gasteiger charge is -2.09. The van der Waals surface area contributed by atoms with Crippen molar-refractivity contribution < 1.29 is 9.84 Å². The Morgan fingerprint density at radius 2 is 1.88 bits per heavy atom. The smallest absolute Gasteiger partial charge is 0.221 e. The van der Waals surface area contributed by atoms with Gasteiger partial charge in [0.2, 0.25) is 11.0 Å². The lowest BCUT2D eigenvalue weighted by atomic mass is 10.1. The number of aromatic nitrogens is 1. The molecule has 0 aliphatic carbocycles. The van der Waals surface area contributed by atoms with Crippen LogP contribution in [-0.2, 0) is 6.54 Å². The standard InChI is InChI=1S/C24H21ClN4O2S/c1-15-7-3-4-8-16(15)14-29-20-10-6-5-9-18(20)22(23(29)30)27-28-24(32)26-17-11-12-21(31-2)19(25)13-17/h3-13,30H,14H2,1-2H3,(H,26,32). The van der Waals surface area contributed by atoms with Crippen LogP contribution >= 0.6 is 23.8 Å². The molecule has 4 aromatic rings. The van der Waals surface area contributed by atoms with Crippen LogP contribution in [0.1, 0.15) is 11.1 Å². The van der Waals surface area contributed by atoms with Crippen molar-refractivity contribution in [3.05, 3.63) is 82.9 Å². The molecule has 0 bridgehead atoms. The van der Waals surface area contributed by atoms with Crippen LogP contribution in [0.25, 0.3) is 10.9 Å². The predicted octanol–water partition coefficient (Wildman–Crippen LogP) is 6.85. The average Bonchev–Trinajstić information content (AvgIpc) is 3.05. The Balaban J connectivity index is 1.62. The maximum absolute atomic E-state index is 11.0. The number of aryl methyl sites for hydroxylation is 1. The molecule has 3 aromatic carbocycles. The minimum absolute atomic E-state index is 0.0356. The SMILES string of the molecule is COc1ccc(NC(=S)N=Nc2c(O)n(Cc3ccccc3C)c3ccccc23)cc1Cl. The first-order chi connectivity index (χ1) is 15.5. The fourth-order valence-corrected chi connectivity index (χ4v) is 3.89. The van der Waals surface area contributed by atoms with Crippen molar-refractivity contribution >= 4 is 51.2 Å². The number of rotatable bonds is 5. The van der Waals surface area contributed by atoms with E-state index in [2.05, 4.69) is 15.5 Å². The Labute approximate surface area is 196 Å². The first-order valence-electron chi connectivity index (χ1n) is 9.89. The number of aromatic hydroxyl groups is 1. The number of hydrogen-bond donors (Lipinski definition) is 2. The van der Waals surface area contributed by atoms with Gasteiger partial charge in [0.15, 0.2) is 5.69 Å². The molecular formula is C24H21ClN4O2S. The number of para-hydroxylation sites is 1. The summed E-state index contributed by atoms with van der Waals surface area (Å²) in [5.41, 5.74) is 4.15. The number of hydrogen-bond acceptors (Lipinski definition) is 4.